The molecule has 2 rings (SSSR count). The van der Waals surface area contributed by atoms with Crippen molar-refractivity contribution in [3.05, 3.63) is 6.33 Å². The van der Waals surface area contributed by atoms with Gasteiger partial charge in [-0.3, -0.25) is 0 Å². The van der Waals surface area contributed by atoms with Crippen LogP contribution in [0.25, 0.3) is 0 Å². The first kappa shape index (κ1) is 12.9. The molecule has 0 aliphatic carbocycles. The minimum Gasteiger partial charge on any atom is -0.381 e. The first-order valence-corrected chi connectivity index (χ1v) is 7.07. The van der Waals surface area contributed by atoms with E-state index in [9.17, 15) is 0 Å². The van der Waals surface area contributed by atoms with Gasteiger partial charge in [0.15, 0.2) is 5.16 Å². The number of hydrogen-bond acceptors (Lipinski definition) is 5. The van der Waals surface area contributed by atoms with Gasteiger partial charge in [0.2, 0.25) is 0 Å². The van der Waals surface area contributed by atoms with Gasteiger partial charge in [-0.25, -0.2) is 0 Å². The highest BCUT2D eigenvalue weighted by Gasteiger charge is 2.25. The third-order valence-electron chi connectivity index (χ3n) is 3.06. The lowest BCUT2D eigenvalue weighted by Crippen LogP contribution is -2.38. The summed E-state index contributed by atoms with van der Waals surface area (Å²) in [5, 5.41) is 12.5. The van der Waals surface area contributed by atoms with Crippen molar-refractivity contribution in [2.24, 2.45) is 13.0 Å². The Balaban J connectivity index is 1.86. The van der Waals surface area contributed by atoms with Crippen LogP contribution in [0.15, 0.2) is 11.5 Å². The molecule has 0 amide bonds. The molecule has 96 valence electrons. The van der Waals surface area contributed by atoms with Crippen molar-refractivity contribution >= 4 is 11.8 Å². The molecule has 2 unspecified atom stereocenters. The second-order valence-electron chi connectivity index (χ2n) is 4.32. The van der Waals surface area contributed by atoms with Gasteiger partial charge in [-0.1, -0.05) is 18.7 Å². The summed E-state index contributed by atoms with van der Waals surface area (Å²) in [7, 11) is 1.98. The molecule has 6 heteroatoms. The molecule has 1 N–H and O–H groups in total. The topological polar surface area (TPSA) is 52.0 Å². The van der Waals surface area contributed by atoms with Crippen LogP contribution in [0.4, 0.5) is 0 Å². The number of aryl methyl sites for hydroxylation is 1. The second kappa shape index (κ2) is 6.37. The summed E-state index contributed by atoms with van der Waals surface area (Å²) in [6.45, 7) is 4.94. The van der Waals surface area contributed by atoms with Gasteiger partial charge in [0.05, 0.1) is 6.61 Å². The quantitative estimate of drug-likeness (QED) is 0.767. The molecule has 1 aromatic rings. The number of ether oxygens (including phenoxy) is 1. The Morgan fingerprint density at radius 3 is 3.18 bits per heavy atom. The summed E-state index contributed by atoms with van der Waals surface area (Å²) in [5.74, 6) is 1.66. The largest absolute Gasteiger partial charge is 0.381 e. The first-order valence-electron chi connectivity index (χ1n) is 6.09. The molecular weight excluding hydrogens is 236 g/mol. The Kier molecular flexibility index (Phi) is 4.82. The van der Waals surface area contributed by atoms with Gasteiger partial charge in [0.25, 0.3) is 0 Å². The van der Waals surface area contributed by atoms with Gasteiger partial charge in [-0.05, 0) is 13.0 Å². The van der Waals surface area contributed by atoms with Crippen molar-refractivity contribution in [2.75, 3.05) is 25.5 Å². The summed E-state index contributed by atoms with van der Waals surface area (Å²) < 4.78 is 7.42. The maximum atomic E-state index is 5.46. The lowest BCUT2D eigenvalue weighted by molar-refractivity contribution is 0.179. The van der Waals surface area contributed by atoms with Gasteiger partial charge in [0, 0.05) is 31.4 Å². The molecule has 0 spiro atoms. The summed E-state index contributed by atoms with van der Waals surface area (Å²) in [6.07, 6.45) is 2.90. The molecule has 2 atom stereocenters. The van der Waals surface area contributed by atoms with E-state index < -0.39 is 0 Å². The average Bonchev–Trinajstić information content (AvgIpc) is 2.96. The third kappa shape index (κ3) is 3.43. The fraction of sp³-hybridized carbons (Fsp3) is 0.818. The highest BCUT2D eigenvalue weighted by atomic mass is 32.2. The van der Waals surface area contributed by atoms with E-state index in [-0.39, 0.29) is 0 Å². The number of hydrogen-bond donors (Lipinski definition) is 1. The van der Waals surface area contributed by atoms with Crippen LogP contribution in [0.1, 0.15) is 13.3 Å². The van der Waals surface area contributed by atoms with Crippen LogP contribution in [0.5, 0.6) is 0 Å². The number of nitrogens with one attached hydrogen (secondary N) is 1. The molecule has 1 aliphatic heterocycles. The zero-order chi connectivity index (χ0) is 12.1. The van der Waals surface area contributed by atoms with Crippen molar-refractivity contribution in [2.45, 2.75) is 24.5 Å². The number of aromatic nitrogens is 3. The average molecular weight is 256 g/mol. The van der Waals surface area contributed by atoms with Crippen molar-refractivity contribution in [3.63, 3.8) is 0 Å². The van der Waals surface area contributed by atoms with E-state index in [0.29, 0.717) is 12.0 Å². The van der Waals surface area contributed by atoms with Crippen LogP contribution in [0.3, 0.4) is 0 Å². The van der Waals surface area contributed by atoms with Crippen molar-refractivity contribution < 1.29 is 4.74 Å². The lowest BCUT2D eigenvalue weighted by Gasteiger charge is -2.22. The summed E-state index contributed by atoms with van der Waals surface area (Å²) >= 11 is 1.76. The van der Waals surface area contributed by atoms with Crippen LogP contribution < -0.4 is 5.32 Å². The molecule has 1 aromatic heterocycles. The molecule has 17 heavy (non-hydrogen) atoms. The van der Waals surface area contributed by atoms with E-state index in [1.807, 2.05) is 11.6 Å². The smallest absolute Gasteiger partial charge is 0.190 e. The Bertz CT molecular complexity index is 338. The highest BCUT2D eigenvalue weighted by molar-refractivity contribution is 7.99. The maximum absolute atomic E-state index is 5.46. The maximum Gasteiger partial charge on any atom is 0.190 e. The first-order chi connectivity index (χ1) is 8.31. The van der Waals surface area contributed by atoms with E-state index in [1.165, 1.54) is 0 Å². The molecule has 2 heterocycles. The van der Waals surface area contributed by atoms with E-state index >= 15 is 0 Å². The standard InChI is InChI=1S/C11H20N4OS/c1-3-12-10(9-4-5-16-6-9)7-17-11-14-13-8-15(11)2/h8-10,12H,3-7H2,1-2H3. The van der Waals surface area contributed by atoms with Crippen LogP contribution in [-0.2, 0) is 11.8 Å². The van der Waals surface area contributed by atoms with E-state index in [4.69, 9.17) is 4.74 Å². The molecule has 5 nitrogen and oxygen atoms in total. The van der Waals surface area contributed by atoms with Crippen molar-refractivity contribution in [1.29, 1.82) is 0 Å². The molecule has 0 radical (unpaired) electrons. The molecule has 1 aliphatic rings. The predicted octanol–water partition coefficient (Wildman–Crippen LogP) is 0.922. The molecule has 0 aromatic carbocycles. The summed E-state index contributed by atoms with van der Waals surface area (Å²) in [4.78, 5) is 0. The molecule has 1 fully saturated rings. The van der Waals surface area contributed by atoms with Gasteiger partial charge < -0.3 is 14.6 Å². The zero-order valence-corrected chi connectivity index (χ0v) is 11.2. The molecule has 0 saturated carbocycles. The number of nitrogens with zero attached hydrogens (tertiary/aromatic N) is 3. The van der Waals surface area contributed by atoms with E-state index in [0.717, 1.165) is 37.1 Å². The SMILES string of the molecule is CCNC(CSc1nncn1C)C1CCOC1. The summed E-state index contributed by atoms with van der Waals surface area (Å²) in [6, 6.07) is 0.504. The fourth-order valence-electron chi connectivity index (χ4n) is 2.06. The van der Waals surface area contributed by atoms with Gasteiger partial charge in [-0.2, -0.15) is 0 Å². The number of thioether (sulfide) groups is 1. The molecular formula is C11H20N4OS. The zero-order valence-electron chi connectivity index (χ0n) is 10.4. The van der Waals surface area contributed by atoms with Crippen molar-refractivity contribution in [1.82, 2.24) is 20.1 Å². The van der Waals surface area contributed by atoms with E-state index in [1.54, 1.807) is 18.1 Å². The Morgan fingerprint density at radius 2 is 2.59 bits per heavy atom. The summed E-state index contributed by atoms with van der Waals surface area (Å²) in [5.41, 5.74) is 0. The number of rotatable bonds is 6. The Morgan fingerprint density at radius 1 is 1.71 bits per heavy atom. The third-order valence-corrected chi connectivity index (χ3v) is 4.22. The molecule has 0 bridgehead atoms. The normalized spacial score (nSPS) is 21.9. The van der Waals surface area contributed by atoms with Crippen LogP contribution in [0.2, 0.25) is 0 Å². The van der Waals surface area contributed by atoms with Crippen LogP contribution >= 0.6 is 11.8 Å². The van der Waals surface area contributed by atoms with Crippen LogP contribution in [0, 0.1) is 5.92 Å². The van der Waals surface area contributed by atoms with E-state index in [2.05, 4.69) is 22.4 Å². The highest BCUT2D eigenvalue weighted by Crippen LogP contribution is 2.22. The fourth-order valence-corrected chi connectivity index (χ4v) is 3.14. The Hall–Kier alpha value is -0.590. The minimum atomic E-state index is 0.504. The second-order valence-corrected chi connectivity index (χ2v) is 5.31. The minimum absolute atomic E-state index is 0.504. The van der Waals surface area contributed by atoms with Gasteiger partial charge in [-0.15, -0.1) is 10.2 Å². The van der Waals surface area contributed by atoms with Crippen molar-refractivity contribution in [3.8, 4) is 0 Å². The van der Waals surface area contributed by atoms with Gasteiger partial charge >= 0.3 is 0 Å². The monoisotopic (exact) mass is 256 g/mol. The predicted molar refractivity (Wildman–Crippen MR) is 68.1 cm³/mol. The lowest BCUT2D eigenvalue weighted by atomic mass is 10.0. The van der Waals surface area contributed by atoms with Crippen LogP contribution in [-0.4, -0.2) is 46.3 Å². The molecule has 1 saturated heterocycles. The van der Waals surface area contributed by atoms with Gasteiger partial charge in [0.1, 0.15) is 6.33 Å². The Labute approximate surface area is 106 Å².